The number of carbonyl (C=O) groups is 1. The molecule has 1 heterocycles. The number of hydrogen-bond acceptors (Lipinski definition) is 3. The van der Waals surface area contributed by atoms with Gasteiger partial charge in [0.25, 0.3) is 0 Å². The number of rotatable bonds is 5. The van der Waals surface area contributed by atoms with Crippen LogP contribution < -0.4 is 10.6 Å². The highest BCUT2D eigenvalue weighted by Crippen LogP contribution is 2.25. The van der Waals surface area contributed by atoms with Crippen LogP contribution in [0, 0.1) is 6.92 Å². The standard InChI is InChI=1S/C17H26N2O2/c1-4-5-16-10-15(8-9-21-16)19-17-11-14(18-13(3)20)7-6-12(17)2/h6-7,11,15-16,19H,4-5,8-10H2,1-3H3,(H,18,20). The first-order valence-electron chi connectivity index (χ1n) is 7.85. The first-order chi connectivity index (χ1) is 10.1. The molecule has 0 aliphatic carbocycles. The molecule has 0 bridgehead atoms. The monoisotopic (exact) mass is 290 g/mol. The minimum Gasteiger partial charge on any atom is -0.382 e. The van der Waals surface area contributed by atoms with Crippen LogP contribution in [-0.4, -0.2) is 24.7 Å². The first-order valence-corrected chi connectivity index (χ1v) is 7.85. The highest BCUT2D eigenvalue weighted by Gasteiger charge is 2.22. The third-order valence-electron chi connectivity index (χ3n) is 3.90. The number of aryl methyl sites for hydroxylation is 1. The minimum atomic E-state index is -0.0427. The summed E-state index contributed by atoms with van der Waals surface area (Å²) in [6.45, 7) is 6.64. The van der Waals surface area contributed by atoms with Gasteiger partial charge in [0.05, 0.1) is 6.10 Å². The van der Waals surface area contributed by atoms with E-state index in [1.807, 2.05) is 18.2 Å². The Morgan fingerprint density at radius 3 is 2.95 bits per heavy atom. The molecule has 2 rings (SSSR count). The van der Waals surface area contributed by atoms with E-state index in [2.05, 4.69) is 24.5 Å². The second-order valence-electron chi connectivity index (χ2n) is 5.86. The van der Waals surface area contributed by atoms with E-state index in [1.165, 1.54) is 12.5 Å². The molecule has 0 radical (unpaired) electrons. The van der Waals surface area contributed by atoms with Crippen molar-refractivity contribution in [2.75, 3.05) is 17.2 Å². The van der Waals surface area contributed by atoms with Gasteiger partial charge in [-0.25, -0.2) is 0 Å². The molecular formula is C17H26N2O2. The van der Waals surface area contributed by atoms with E-state index in [1.54, 1.807) is 0 Å². The van der Waals surface area contributed by atoms with Crippen LogP contribution in [0.1, 0.15) is 45.1 Å². The summed E-state index contributed by atoms with van der Waals surface area (Å²) in [6, 6.07) is 6.44. The predicted octanol–water partition coefficient (Wildman–Crippen LogP) is 3.71. The number of amides is 1. The maximum atomic E-state index is 11.2. The number of carbonyl (C=O) groups excluding carboxylic acids is 1. The van der Waals surface area contributed by atoms with Gasteiger partial charge in [-0.1, -0.05) is 19.4 Å². The maximum Gasteiger partial charge on any atom is 0.221 e. The first kappa shape index (κ1) is 15.8. The summed E-state index contributed by atoms with van der Waals surface area (Å²) in [5.74, 6) is -0.0427. The zero-order valence-corrected chi connectivity index (χ0v) is 13.2. The van der Waals surface area contributed by atoms with Crippen LogP contribution in [0.25, 0.3) is 0 Å². The second kappa shape index (κ2) is 7.46. The van der Waals surface area contributed by atoms with E-state index < -0.39 is 0 Å². The lowest BCUT2D eigenvalue weighted by Gasteiger charge is -2.31. The van der Waals surface area contributed by atoms with Crippen LogP contribution in [0.3, 0.4) is 0 Å². The second-order valence-corrected chi connectivity index (χ2v) is 5.86. The molecule has 1 aromatic carbocycles. The molecule has 2 atom stereocenters. The fourth-order valence-corrected chi connectivity index (χ4v) is 2.81. The summed E-state index contributed by atoms with van der Waals surface area (Å²) < 4.78 is 5.80. The van der Waals surface area contributed by atoms with Gasteiger partial charge in [-0.15, -0.1) is 0 Å². The van der Waals surface area contributed by atoms with E-state index in [0.717, 1.165) is 43.7 Å². The lowest BCUT2D eigenvalue weighted by molar-refractivity contribution is -0.114. The quantitative estimate of drug-likeness (QED) is 0.869. The zero-order chi connectivity index (χ0) is 15.2. The van der Waals surface area contributed by atoms with Crippen molar-refractivity contribution in [3.05, 3.63) is 23.8 Å². The summed E-state index contributed by atoms with van der Waals surface area (Å²) in [7, 11) is 0. The smallest absolute Gasteiger partial charge is 0.221 e. The topological polar surface area (TPSA) is 50.4 Å². The Kier molecular flexibility index (Phi) is 5.62. The van der Waals surface area contributed by atoms with E-state index in [0.29, 0.717) is 12.1 Å². The molecule has 4 heteroatoms. The molecule has 21 heavy (non-hydrogen) atoms. The number of hydrogen-bond donors (Lipinski definition) is 2. The summed E-state index contributed by atoms with van der Waals surface area (Å²) >= 11 is 0. The Morgan fingerprint density at radius 1 is 1.43 bits per heavy atom. The van der Waals surface area contributed by atoms with Crippen molar-refractivity contribution in [1.82, 2.24) is 0 Å². The predicted molar refractivity (Wildman–Crippen MR) is 86.8 cm³/mol. The minimum absolute atomic E-state index is 0.0427. The van der Waals surface area contributed by atoms with Crippen molar-refractivity contribution in [1.29, 1.82) is 0 Å². The average Bonchev–Trinajstić information content (AvgIpc) is 2.43. The van der Waals surface area contributed by atoms with Crippen LogP contribution in [-0.2, 0) is 9.53 Å². The van der Waals surface area contributed by atoms with E-state index in [-0.39, 0.29) is 5.91 Å². The third-order valence-corrected chi connectivity index (χ3v) is 3.90. The van der Waals surface area contributed by atoms with Crippen molar-refractivity contribution < 1.29 is 9.53 Å². The summed E-state index contributed by atoms with van der Waals surface area (Å²) in [6.07, 6.45) is 4.75. The highest BCUT2D eigenvalue weighted by molar-refractivity contribution is 5.89. The number of anilines is 2. The van der Waals surface area contributed by atoms with E-state index in [9.17, 15) is 4.79 Å². The van der Waals surface area contributed by atoms with Crippen molar-refractivity contribution in [2.24, 2.45) is 0 Å². The lowest BCUT2D eigenvalue weighted by atomic mass is 9.99. The van der Waals surface area contributed by atoms with Gasteiger partial charge in [-0.2, -0.15) is 0 Å². The van der Waals surface area contributed by atoms with Gasteiger partial charge in [0, 0.05) is 30.9 Å². The highest BCUT2D eigenvalue weighted by atomic mass is 16.5. The Bertz CT molecular complexity index is 486. The van der Waals surface area contributed by atoms with Crippen molar-refractivity contribution in [3.63, 3.8) is 0 Å². The van der Waals surface area contributed by atoms with Gasteiger partial charge in [0.2, 0.25) is 5.91 Å². The van der Waals surface area contributed by atoms with E-state index >= 15 is 0 Å². The van der Waals surface area contributed by atoms with Gasteiger partial charge >= 0.3 is 0 Å². The number of benzene rings is 1. The molecule has 2 unspecified atom stereocenters. The molecule has 1 fully saturated rings. The fourth-order valence-electron chi connectivity index (χ4n) is 2.81. The molecule has 1 amide bonds. The maximum absolute atomic E-state index is 11.2. The molecule has 4 nitrogen and oxygen atoms in total. The molecule has 1 aliphatic heterocycles. The normalized spacial score (nSPS) is 21.9. The van der Waals surface area contributed by atoms with Crippen molar-refractivity contribution in [3.8, 4) is 0 Å². The molecule has 1 aromatic rings. The van der Waals surface area contributed by atoms with Gasteiger partial charge in [0.15, 0.2) is 0 Å². The van der Waals surface area contributed by atoms with Gasteiger partial charge < -0.3 is 15.4 Å². The fraction of sp³-hybridized carbons (Fsp3) is 0.588. The molecular weight excluding hydrogens is 264 g/mol. The number of ether oxygens (including phenoxy) is 1. The van der Waals surface area contributed by atoms with Crippen molar-refractivity contribution >= 4 is 17.3 Å². The summed E-state index contributed by atoms with van der Waals surface area (Å²) in [5.41, 5.74) is 3.14. The molecule has 1 aliphatic rings. The Labute approximate surface area is 127 Å². The van der Waals surface area contributed by atoms with Gasteiger partial charge in [0.1, 0.15) is 0 Å². The zero-order valence-electron chi connectivity index (χ0n) is 13.2. The Morgan fingerprint density at radius 2 is 2.24 bits per heavy atom. The molecule has 116 valence electrons. The average molecular weight is 290 g/mol. The Hall–Kier alpha value is -1.55. The third kappa shape index (κ3) is 4.74. The summed E-state index contributed by atoms with van der Waals surface area (Å²) in [4.78, 5) is 11.2. The van der Waals surface area contributed by atoms with E-state index in [4.69, 9.17) is 4.74 Å². The Balaban J connectivity index is 2.02. The van der Waals surface area contributed by atoms with Crippen molar-refractivity contribution in [2.45, 2.75) is 58.6 Å². The molecule has 2 N–H and O–H groups in total. The van der Waals surface area contributed by atoms with Gasteiger partial charge in [-0.3, -0.25) is 4.79 Å². The molecule has 0 spiro atoms. The molecule has 0 saturated carbocycles. The SMILES string of the molecule is CCCC1CC(Nc2cc(NC(C)=O)ccc2C)CCO1. The largest absolute Gasteiger partial charge is 0.382 e. The molecule has 1 saturated heterocycles. The van der Waals surface area contributed by atoms with Crippen LogP contribution in [0.15, 0.2) is 18.2 Å². The molecule has 0 aromatic heterocycles. The summed E-state index contributed by atoms with van der Waals surface area (Å²) in [5, 5.41) is 6.45. The van der Waals surface area contributed by atoms with Gasteiger partial charge in [-0.05, 0) is 43.9 Å². The van der Waals surface area contributed by atoms with Crippen LogP contribution in [0.5, 0.6) is 0 Å². The van der Waals surface area contributed by atoms with Crippen LogP contribution in [0.2, 0.25) is 0 Å². The van der Waals surface area contributed by atoms with Crippen LogP contribution in [0.4, 0.5) is 11.4 Å². The lowest BCUT2D eigenvalue weighted by Crippen LogP contribution is -2.34. The number of nitrogens with one attached hydrogen (secondary N) is 2. The van der Waals surface area contributed by atoms with Crippen LogP contribution >= 0.6 is 0 Å².